The molecular formula is C27H27BrN2O5. The van der Waals surface area contributed by atoms with E-state index in [0.717, 1.165) is 28.6 Å². The molecule has 0 unspecified atom stereocenters. The van der Waals surface area contributed by atoms with Crippen LogP contribution < -0.4 is 19.6 Å². The lowest BCUT2D eigenvalue weighted by Crippen LogP contribution is -2.24. The summed E-state index contributed by atoms with van der Waals surface area (Å²) < 4.78 is 17.4. The summed E-state index contributed by atoms with van der Waals surface area (Å²) in [5.74, 6) is 0.699. The van der Waals surface area contributed by atoms with E-state index in [-0.39, 0.29) is 6.61 Å². The Morgan fingerprint density at radius 1 is 0.971 bits per heavy atom. The van der Waals surface area contributed by atoms with Crippen LogP contribution in [0.1, 0.15) is 41.3 Å². The maximum Gasteiger partial charge on any atom is 0.343 e. The number of carbonyl (C=O) groups excluding carboxylic acids is 2. The lowest BCUT2D eigenvalue weighted by Gasteiger charge is -2.09. The summed E-state index contributed by atoms with van der Waals surface area (Å²) in [6, 6.07) is 19.3. The summed E-state index contributed by atoms with van der Waals surface area (Å²) in [4.78, 5) is 24.6. The molecule has 0 saturated carbocycles. The number of hydrogen-bond acceptors (Lipinski definition) is 6. The van der Waals surface area contributed by atoms with Gasteiger partial charge in [-0.15, -0.1) is 0 Å². The predicted molar refractivity (Wildman–Crippen MR) is 138 cm³/mol. The van der Waals surface area contributed by atoms with Gasteiger partial charge in [0.15, 0.2) is 6.61 Å². The Morgan fingerprint density at radius 3 is 2.34 bits per heavy atom. The van der Waals surface area contributed by atoms with Gasteiger partial charge in [0.2, 0.25) is 0 Å². The second-order valence-electron chi connectivity index (χ2n) is 7.69. The molecule has 0 bridgehead atoms. The summed E-state index contributed by atoms with van der Waals surface area (Å²) in [5.41, 5.74) is 4.41. The standard InChI is InChI=1S/C27H27BrN2O5/c1-3-4-15-33-23-10-12-24(13-11-23)34-18-26(31)30-29-17-21-16-22(28)9-14-25(21)35-27(32)20-7-5-19(2)6-8-20/h5-14,16-17H,3-4,15,18H2,1-2H3,(H,30,31)/b29-17-. The third-order valence-corrected chi connectivity index (χ3v) is 5.31. The average molecular weight is 539 g/mol. The average Bonchev–Trinajstić information content (AvgIpc) is 2.85. The third kappa shape index (κ3) is 8.57. The Hall–Kier alpha value is -3.65. The van der Waals surface area contributed by atoms with Crippen molar-refractivity contribution >= 4 is 34.0 Å². The van der Waals surface area contributed by atoms with E-state index in [1.54, 1.807) is 54.6 Å². The van der Waals surface area contributed by atoms with Gasteiger partial charge < -0.3 is 14.2 Å². The van der Waals surface area contributed by atoms with Crippen LogP contribution in [0.5, 0.6) is 17.2 Å². The highest BCUT2D eigenvalue weighted by Gasteiger charge is 2.12. The van der Waals surface area contributed by atoms with Gasteiger partial charge >= 0.3 is 5.97 Å². The van der Waals surface area contributed by atoms with Crippen LogP contribution in [0.2, 0.25) is 0 Å². The molecule has 0 aromatic heterocycles. The number of benzene rings is 3. The number of carbonyl (C=O) groups is 2. The minimum absolute atomic E-state index is 0.207. The van der Waals surface area contributed by atoms with E-state index >= 15 is 0 Å². The maximum absolute atomic E-state index is 12.5. The Balaban J connectivity index is 1.53. The molecule has 0 aliphatic heterocycles. The number of rotatable bonds is 11. The van der Waals surface area contributed by atoms with Gasteiger partial charge in [0.05, 0.1) is 18.4 Å². The summed E-state index contributed by atoms with van der Waals surface area (Å²) >= 11 is 3.39. The van der Waals surface area contributed by atoms with E-state index < -0.39 is 11.9 Å². The molecule has 0 radical (unpaired) electrons. The molecule has 182 valence electrons. The molecule has 0 aliphatic carbocycles. The first-order chi connectivity index (χ1) is 16.9. The van der Waals surface area contributed by atoms with Crippen LogP contribution in [0.4, 0.5) is 0 Å². The van der Waals surface area contributed by atoms with Crippen molar-refractivity contribution in [2.75, 3.05) is 13.2 Å². The molecule has 8 heteroatoms. The fourth-order valence-electron chi connectivity index (χ4n) is 2.88. The van der Waals surface area contributed by atoms with Crippen molar-refractivity contribution in [2.24, 2.45) is 5.10 Å². The molecule has 3 aromatic carbocycles. The highest BCUT2D eigenvalue weighted by atomic mass is 79.9. The monoisotopic (exact) mass is 538 g/mol. The predicted octanol–water partition coefficient (Wildman–Crippen LogP) is 5.68. The highest BCUT2D eigenvalue weighted by molar-refractivity contribution is 9.10. The molecule has 0 atom stereocenters. The van der Waals surface area contributed by atoms with Gasteiger partial charge in [-0.05, 0) is 67.9 Å². The molecule has 3 rings (SSSR count). The first-order valence-electron chi connectivity index (χ1n) is 11.2. The van der Waals surface area contributed by atoms with Crippen LogP contribution in [-0.2, 0) is 4.79 Å². The topological polar surface area (TPSA) is 86.2 Å². The van der Waals surface area contributed by atoms with Crippen molar-refractivity contribution in [3.63, 3.8) is 0 Å². The molecule has 0 spiro atoms. The summed E-state index contributed by atoms with van der Waals surface area (Å²) in [5, 5.41) is 3.97. The Bertz CT molecular complexity index is 1160. The molecule has 1 amide bonds. The van der Waals surface area contributed by atoms with Crippen molar-refractivity contribution in [1.29, 1.82) is 0 Å². The number of nitrogens with zero attached hydrogens (tertiary/aromatic N) is 1. The van der Waals surface area contributed by atoms with Gasteiger partial charge in [-0.25, -0.2) is 10.2 Å². The van der Waals surface area contributed by atoms with Crippen LogP contribution in [0, 0.1) is 6.92 Å². The fourth-order valence-corrected chi connectivity index (χ4v) is 3.26. The molecule has 35 heavy (non-hydrogen) atoms. The zero-order chi connectivity index (χ0) is 25.0. The zero-order valence-electron chi connectivity index (χ0n) is 19.6. The van der Waals surface area contributed by atoms with Crippen LogP contribution in [-0.4, -0.2) is 31.3 Å². The van der Waals surface area contributed by atoms with E-state index in [2.05, 4.69) is 33.4 Å². The number of esters is 1. The number of hydrazone groups is 1. The van der Waals surface area contributed by atoms with E-state index in [0.29, 0.717) is 29.2 Å². The van der Waals surface area contributed by atoms with Gasteiger partial charge in [-0.2, -0.15) is 5.10 Å². The number of hydrogen-bond donors (Lipinski definition) is 1. The molecule has 0 fully saturated rings. The van der Waals surface area contributed by atoms with Crippen LogP contribution in [0.15, 0.2) is 76.3 Å². The minimum Gasteiger partial charge on any atom is -0.494 e. The molecular weight excluding hydrogens is 512 g/mol. The largest absolute Gasteiger partial charge is 0.494 e. The number of amides is 1. The molecule has 0 saturated heterocycles. The number of aryl methyl sites for hydroxylation is 1. The first-order valence-corrected chi connectivity index (χ1v) is 12.0. The summed E-state index contributed by atoms with van der Waals surface area (Å²) in [7, 11) is 0. The van der Waals surface area contributed by atoms with E-state index in [1.807, 2.05) is 19.1 Å². The van der Waals surface area contributed by atoms with Crippen LogP contribution in [0.25, 0.3) is 0 Å². The normalized spacial score (nSPS) is 10.7. The van der Waals surface area contributed by atoms with Crippen LogP contribution in [0.3, 0.4) is 0 Å². The Kier molecular flexibility index (Phi) is 9.86. The lowest BCUT2D eigenvalue weighted by atomic mass is 10.1. The van der Waals surface area contributed by atoms with Crippen molar-refractivity contribution in [3.05, 3.63) is 87.9 Å². The van der Waals surface area contributed by atoms with Crippen molar-refractivity contribution in [2.45, 2.75) is 26.7 Å². The third-order valence-electron chi connectivity index (χ3n) is 4.81. The minimum atomic E-state index is -0.485. The van der Waals surface area contributed by atoms with Crippen LogP contribution >= 0.6 is 15.9 Å². The number of ether oxygens (including phenoxy) is 3. The van der Waals surface area contributed by atoms with E-state index in [4.69, 9.17) is 14.2 Å². The molecule has 0 heterocycles. The molecule has 0 aliphatic rings. The quantitative estimate of drug-likeness (QED) is 0.111. The van der Waals surface area contributed by atoms with Gasteiger partial charge in [0.1, 0.15) is 17.2 Å². The summed E-state index contributed by atoms with van der Waals surface area (Å²) in [6.45, 7) is 4.51. The second kappa shape index (κ2) is 13.3. The zero-order valence-corrected chi connectivity index (χ0v) is 21.2. The number of nitrogens with one attached hydrogen (secondary N) is 1. The second-order valence-corrected chi connectivity index (χ2v) is 8.61. The van der Waals surface area contributed by atoms with E-state index in [1.165, 1.54) is 6.21 Å². The molecule has 1 N–H and O–H groups in total. The summed E-state index contributed by atoms with van der Waals surface area (Å²) in [6.07, 6.45) is 3.47. The smallest absolute Gasteiger partial charge is 0.343 e. The van der Waals surface area contributed by atoms with Crippen molar-refractivity contribution in [3.8, 4) is 17.2 Å². The van der Waals surface area contributed by atoms with Gasteiger partial charge in [0.25, 0.3) is 5.91 Å². The maximum atomic E-state index is 12.5. The van der Waals surface area contributed by atoms with Crippen molar-refractivity contribution in [1.82, 2.24) is 5.43 Å². The Labute approximate surface area is 213 Å². The SMILES string of the molecule is CCCCOc1ccc(OCC(=O)N/N=C\c2cc(Br)ccc2OC(=O)c2ccc(C)cc2)cc1. The fraction of sp³-hybridized carbons (Fsp3) is 0.222. The molecule has 3 aromatic rings. The number of unbranched alkanes of at least 4 members (excludes halogenated alkanes) is 1. The first kappa shape index (κ1) is 26.0. The Morgan fingerprint density at radius 2 is 1.66 bits per heavy atom. The highest BCUT2D eigenvalue weighted by Crippen LogP contribution is 2.23. The van der Waals surface area contributed by atoms with Gasteiger partial charge in [0, 0.05) is 10.0 Å². The van der Waals surface area contributed by atoms with Gasteiger partial charge in [-0.1, -0.05) is 47.0 Å². The number of halogens is 1. The van der Waals surface area contributed by atoms with Gasteiger partial charge in [-0.3, -0.25) is 4.79 Å². The lowest BCUT2D eigenvalue weighted by molar-refractivity contribution is -0.123. The van der Waals surface area contributed by atoms with Crippen molar-refractivity contribution < 1.29 is 23.8 Å². The molecule has 7 nitrogen and oxygen atoms in total. The van der Waals surface area contributed by atoms with E-state index in [9.17, 15) is 9.59 Å².